The number of carbonyl (C=O) groups excluding carboxylic acids is 1. The first-order chi connectivity index (χ1) is 15.0. The van der Waals surface area contributed by atoms with E-state index in [1.54, 1.807) is 0 Å². The molecule has 0 radical (unpaired) electrons. The zero-order chi connectivity index (χ0) is 21.6. The van der Waals surface area contributed by atoms with Gasteiger partial charge in [0.25, 0.3) is 0 Å². The number of nitrogens with zero attached hydrogens (tertiary/aromatic N) is 1. The molecule has 2 aliphatic rings. The maximum atomic E-state index is 13.4. The molecule has 3 aromatic rings. The van der Waals surface area contributed by atoms with Gasteiger partial charge in [0, 0.05) is 24.7 Å². The molecule has 0 spiro atoms. The van der Waals surface area contributed by atoms with Crippen molar-refractivity contribution in [2.24, 2.45) is 5.73 Å². The van der Waals surface area contributed by atoms with Crippen molar-refractivity contribution in [1.82, 2.24) is 4.98 Å². The van der Waals surface area contributed by atoms with Gasteiger partial charge in [0.2, 0.25) is 6.79 Å². The molecule has 1 aromatic heterocycles. The highest BCUT2D eigenvalue weighted by atomic mass is 16.7. The van der Waals surface area contributed by atoms with Crippen LogP contribution in [-0.2, 0) is 23.2 Å². The quantitative estimate of drug-likeness (QED) is 0.647. The third-order valence-corrected chi connectivity index (χ3v) is 6.79. The summed E-state index contributed by atoms with van der Waals surface area (Å²) in [6.45, 7) is 4.93. The van der Waals surface area contributed by atoms with E-state index in [2.05, 4.69) is 26.0 Å². The van der Waals surface area contributed by atoms with Gasteiger partial charge in [-0.1, -0.05) is 30.3 Å². The average Bonchev–Trinajstić information content (AvgIpc) is 3.48. The number of fused-ring (bicyclic) bond motifs is 1. The minimum absolute atomic E-state index is 0.224. The maximum Gasteiger partial charge on any atom is 0.231 e. The van der Waals surface area contributed by atoms with Crippen LogP contribution < -0.4 is 15.2 Å². The smallest absolute Gasteiger partial charge is 0.231 e. The van der Waals surface area contributed by atoms with Crippen LogP contribution in [0, 0.1) is 13.8 Å². The van der Waals surface area contributed by atoms with Gasteiger partial charge < -0.3 is 15.2 Å². The molecule has 0 unspecified atom stereocenters. The lowest BCUT2D eigenvalue weighted by Crippen LogP contribution is -2.23. The van der Waals surface area contributed by atoms with Gasteiger partial charge in [-0.05, 0) is 66.6 Å². The Balaban J connectivity index is 1.39. The van der Waals surface area contributed by atoms with E-state index in [-0.39, 0.29) is 12.6 Å². The molecule has 2 heterocycles. The third-order valence-electron chi connectivity index (χ3n) is 6.79. The van der Waals surface area contributed by atoms with Crippen molar-refractivity contribution in [2.45, 2.75) is 45.1 Å². The fourth-order valence-electron chi connectivity index (χ4n) is 4.41. The molecule has 5 rings (SSSR count). The summed E-state index contributed by atoms with van der Waals surface area (Å²) in [6, 6.07) is 14.1. The van der Waals surface area contributed by atoms with Crippen molar-refractivity contribution in [1.29, 1.82) is 0 Å². The topological polar surface area (TPSA) is 74.4 Å². The lowest BCUT2D eigenvalue weighted by Gasteiger charge is -2.17. The fourth-order valence-corrected chi connectivity index (χ4v) is 4.41. The van der Waals surface area contributed by atoms with E-state index >= 15 is 0 Å². The lowest BCUT2D eigenvalue weighted by atomic mass is 9.87. The van der Waals surface area contributed by atoms with Gasteiger partial charge in [-0.3, -0.25) is 9.78 Å². The molecular weight excluding hydrogens is 388 g/mol. The van der Waals surface area contributed by atoms with Gasteiger partial charge in [0.1, 0.15) is 5.78 Å². The van der Waals surface area contributed by atoms with Crippen LogP contribution in [0.2, 0.25) is 0 Å². The summed E-state index contributed by atoms with van der Waals surface area (Å²) in [4.78, 5) is 18.1. The van der Waals surface area contributed by atoms with Crippen LogP contribution in [-0.4, -0.2) is 17.6 Å². The van der Waals surface area contributed by atoms with Crippen LogP contribution in [0.15, 0.2) is 48.7 Å². The number of Topliss-reactive ketones (excluding diaryl/α,β-unsaturated/α-hetero) is 1. The highest BCUT2D eigenvalue weighted by Gasteiger charge is 2.51. The SMILES string of the molecule is Cc1c(-c2ccc(CN)cc2)cnc(CC(=O)C2(c3ccc4c(c3)OCO4)CC2)c1C. The minimum Gasteiger partial charge on any atom is -0.454 e. The van der Waals surface area contributed by atoms with E-state index < -0.39 is 5.41 Å². The van der Waals surface area contributed by atoms with Crippen LogP contribution >= 0.6 is 0 Å². The van der Waals surface area contributed by atoms with Crippen LogP contribution in [0.4, 0.5) is 0 Å². The predicted molar refractivity (Wildman–Crippen MR) is 119 cm³/mol. The molecule has 158 valence electrons. The number of rotatable bonds is 6. The molecule has 2 aromatic carbocycles. The molecule has 0 atom stereocenters. The highest BCUT2D eigenvalue weighted by molar-refractivity contribution is 5.94. The molecule has 5 heteroatoms. The molecule has 2 N–H and O–H groups in total. The normalized spacial score (nSPS) is 15.7. The minimum atomic E-state index is -0.417. The second kappa shape index (κ2) is 7.50. The van der Waals surface area contributed by atoms with Crippen LogP contribution in [0.5, 0.6) is 11.5 Å². The van der Waals surface area contributed by atoms with Crippen LogP contribution in [0.1, 0.15) is 40.8 Å². The van der Waals surface area contributed by atoms with Gasteiger partial charge in [0.05, 0.1) is 11.1 Å². The van der Waals surface area contributed by atoms with Crippen molar-refractivity contribution in [3.05, 3.63) is 76.6 Å². The van der Waals surface area contributed by atoms with E-state index in [1.165, 1.54) is 0 Å². The summed E-state index contributed by atoms with van der Waals surface area (Å²) >= 11 is 0. The number of nitrogens with two attached hydrogens (primary N) is 1. The monoisotopic (exact) mass is 414 g/mol. The summed E-state index contributed by atoms with van der Waals surface area (Å²) in [5, 5.41) is 0. The first-order valence-corrected chi connectivity index (χ1v) is 10.7. The Morgan fingerprint density at radius 2 is 1.77 bits per heavy atom. The Hall–Kier alpha value is -3.18. The average molecular weight is 415 g/mol. The number of hydrogen-bond donors (Lipinski definition) is 1. The molecule has 0 amide bonds. The number of pyridine rings is 1. The third kappa shape index (κ3) is 3.39. The predicted octanol–water partition coefficient (Wildman–Crippen LogP) is 4.40. The second-order valence-electron chi connectivity index (χ2n) is 8.52. The first kappa shape index (κ1) is 19.8. The zero-order valence-corrected chi connectivity index (χ0v) is 17.9. The van der Waals surface area contributed by atoms with E-state index in [1.807, 2.05) is 36.5 Å². The van der Waals surface area contributed by atoms with E-state index in [9.17, 15) is 4.79 Å². The summed E-state index contributed by atoms with van der Waals surface area (Å²) in [6.07, 6.45) is 3.97. The van der Waals surface area contributed by atoms with Crippen molar-refractivity contribution in [2.75, 3.05) is 6.79 Å². The largest absolute Gasteiger partial charge is 0.454 e. The zero-order valence-electron chi connectivity index (χ0n) is 17.9. The van der Waals surface area contributed by atoms with Crippen molar-refractivity contribution >= 4 is 5.78 Å². The number of ether oxygens (including phenoxy) is 2. The van der Waals surface area contributed by atoms with Gasteiger partial charge in [-0.15, -0.1) is 0 Å². The van der Waals surface area contributed by atoms with Crippen molar-refractivity contribution in [3.63, 3.8) is 0 Å². The van der Waals surface area contributed by atoms with Gasteiger partial charge in [-0.25, -0.2) is 0 Å². The first-order valence-electron chi connectivity index (χ1n) is 10.7. The van der Waals surface area contributed by atoms with E-state index in [4.69, 9.17) is 20.2 Å². The van der Waals surface area contributed by atoms with Crippen LogP contribution in [0.25, 0.3) is 11.1 Å². The van der Waals surface area contributed by atoms with E-state index in [0.717, 1.165) is 63.4 Å². The Morgan fingerprint density at radius 3 is 2.48 bits per heavy atom. The lowest BCUT2D eigenvalue weighted by molar-refractivity contribution is -0.120. The Morgan fingerprint density at radius 1 is 1.03 bits per heavy atom. The highest BCUT2D eigenvalue weighted by Crippen LogP contribution is 2.51. The molecule has 1 saturated carbocycles. The molecule has 0 saturated heterocycles. The number of benzene rings is 2. The Kier molecular flexibility index (Phi) is 4.78. The second-order valence-corrected chi connectivity index (χ2v) is 8.52. The molecule has 1 fully saturated rings. The van der Waals surface area contributed by atoms with Gasteiger partial charge in [-0.2, -0.15) is 0 Å². The Labute approximate surface area is 182 Å². The number of hydrogen-bond acceptors (Lipinski definition) is 5. The number of carbonyl (C=O) groups is 1. The number of ketones is 1. The molecule has 5 nitrogen and oxygen atoms in total. The van der Waals surface area contributed by atoms with Crippen molar-refractivity contribution in [3.8, 4) is 22.6 Å². The molecule has 31 heavy (non-hydrogen) atoms. The maximum absolute atomic E-state index is 13.4. The van der Waals surface area contributed by atoms with Crippen molar-refractivity contribution < 1.29 is 14.3 Å². The summed E-state index contributed by atoms with van der Waals surface area (Å²) in [7, 11) is 0. The number of aromatic nitrogens is 1. The molecular formula is C26H26N2O3. The van der Waals surface area contributed by atoms with Gasteiger partial charge in [0.15, 0.2) is 11.5 Å². The molecule has 1 aliphatic heterocycles. The Bertz CT molecular complexity index is 1160. The standard InChI is InChI=1S/C26H26N2O3/c1-16-17(2)22(28-14-21(16)19-5-3-18(13-27)4-6-19)12-25(29)26(9-10-26)20-7-8-23-24(11-20)31-15-30-23/h3-8,11,14H,9-10,12-13,15,27H2,1-2H3. The summed E-state index contributed by atoms with van der Waals surface area (Å²) in [5.74, 6) is 1.70. The fraction of sp³-hybridized carbons (Fsp3) is 0.308. The molecule has 1 aliphatic carbocycles. The van der Waals surface area contributed by atoms with Gasteiger partial charge >= 0.3 is 0 Å². The van der Waals surface area contributed by atoms with E-state index in [0.29, 0.717) is 13.0 Å². The summed E-state index contributed by atoms with van der Waals surface area (Å²) < 4.78 is 10.9. The molecule has 0 bridgehead atoms. The van der Waals surface area contributed by atoms with Crippen LogP contribution in [0.3, 0.4) is 0 Å². The summed E-state index contributed by atoms with van der Waals surface area (Å²) in [5.41, 5.74) is 12.7.